The molecular weight excluding hydrogens is 136 g/mol. The van der Waals surface area contributed by atoms with Gasteiger partial charge in [-0.3, -0.25) is 0 Å². The maximum absolute atomic E-state index is 5.78. The fourth-order valence-electron chi connectivity index (χ4n) is 1.68. The molecular formula is C9H20N2. The Morgan fingerprint density at radius 1 is 1.64 bits per heavy atom. The largest absolute Gasteiger partial charge is 0.326 e. The van der Waals surface area contributed by atoms with Crippen LogP contribution in [-0.4, -0.2) is 18.6 Å². The van der Waals surface area contributed by atoms with Crippen molar-refractivity contribution >= 4 is 0 Å². The number of hydrogen-bond acceptors (Lipinski definition) is 2. The predicted octanol–water partition coefficient (Wildman–Crippen LogP) is 1.11. The Hall–Kier alpha value is -0.0800. The molecule has 2 heteroatoms. The molecule has 1 saturated heterocycles. The summed E-state index contributed by atoms with van der Waals surface area (Å²) in [5.41, 5.74) is 5.78. The van der Waals surface area contributed by atoms with Gasteiger partial charge in [-0.25, -0.2) is 0 Å². The monoisotopic (exact) mass is 156 g/mol. The quantitative estimate of drug-likeness (QED) is 0.642. The summed E-state index contributed by atoms with van der Waals surface area (Å²) in [6, 6.07) is 1.10. The Bertz CT molecular complexity index is 114. The molecule has 0 aromatic carbocycles. The summed E-state index contributed by atoms with van der Waals surface area (Å²) < 4.78 is 0. The van der Waals surface area contributed by atoms with Crippen molar-refractivity contribution in [1.29, 1.82) is 0 Å². The van der Waals surface area contributed by atoms with Crippen molar-refractivity contribution in [3.05, 3.63) is 0 Å². The maximum atomic E-state index is 5.78. The molecule has 1 fully saturated rings. The van der Waals surface area contributed by atoms with E-state index in [9.17, 15) is 0 Å². The standard InChI is InChI=1S/C9H20N2/c1-3-7(2)4-9-5-8(10)6-11-9/h7-9,11H,3-6,10H2,1-2H3. The smallest absolute Gasteiger partial charge is 0.0180 e. The molecule has 3 unspecified atom stereocenters. The third-order valence-corrected chi connectivity index (χ3v) is 2.64. The summed E-state index contributed by atoms with van der Waals surface area (Å²) in [7, 11) is 0. The summed E-state index contributed by atoms with van der Waals surface area (Å²) in [5.74, 6) is 0.845. The van der Waals surface area contributed by atoms with E-state index in [0.29, 0.717) is 12.1 Å². The van der Waals surface area contributed by atoms with Crippen LogP contribution in [0.5, 0.6) is 0 Å². The van der Waals surface area contributed by atoms with E-state index in [1.54, 1.807) is 0 Å². The second-order valence-electron chi connectivity index (χ2n) is 3.85. The molecule has 0 radical (unpaired) electrons. The third kappa shape index (κ3) is 2.80. The van der Waals surface area contributed by atoms with Crippen molar-refractivity contribution in [1.82, 2.24) is 5.32 Å². The molecule has 1 rings (SSSR count). The van der Waals surface area contributed by atoms with Gasteiger partial charge in [-0.15, -0.1) is 0 Å². The minimum Gasteiger partial charge on any atom is -0.326 e. The third-order valence-electron chi connectivity index (χ3n) is 2.64. The molecule has 2 nitrogen and oxygen atoms in total. The Morgan fingerprint density at radius 2 is 2.36 bits per heavy atom. The average molecular weight is 156 g/mol. The zero-order valence-corrected chi connectivity index (χ0v) is 7.64. The molecule has 0 saturated carbocycles. The lowest BCUT2D eigenvalue weighted by Crippen LogP contribution is -2.24. The van der Waals surface area contributed by atoms with Crippen LogP contribution in [0, 0.1) is 5.92 Å². The van der Waals surface area contributed by atoms with Gasteiger partial charge in [0.25, 0.3) is 0 Å². The topological polar surface area (TPSA) is 38.0 Å². The fraction of sp³-hybridized carbons (Fsp3) is 1.00. The van der Waals surface area contributed by atoms with Gasteiger partial charge in [0.2, 0.25) is 0 Å². The van der Waals surface area contributed by atoms with Gasteiger partial charge in [-0.2, -0.15) is 0 Å². The van der Waals surface area contributed by atoms with Gasteiger partial charge >= 0.3 is 0 Å². The van der Waals surface area contributed by atoms with Gasteiger partial charge in [0.05, 0.1) is 0 Å². The highest BCUT2D eigenvalue weighted by Gasteiger charge is 2.21. The number of rotatable bonds is 3. The highest BCUT2D eigenvalue weighted by Crippen LogP contribution is 2.16. The zero-order valence-electron chi connectivity index (χ0n) is 7.64. The van der Waals surface area contributed by atoms with Crippen molar-refractivity contribution < 1.29 is 0 Å². The molecule has 0 aromatic heterocycles. The van der Waals surface area contributed by atoms with Gasteiger partial charge in [-0.05, 0) is 18.8 Å². The fourth-order valence-corrected chi connectivity index (χ4v) is 1.68. The molecule has 3 atom stereocenters. The molecule has 0 spiro atoms. The van der Waals surface area contributed by atoms with Crippen molar-refractivity contribution in [3.8, 4) is 0 Å². The Morgan fingerprint density at radius 3 is 2.82 bits per heavy atom. The van der Waals surface area contributed by atoms with Gasteiger partial charge in [0, 0.05) is 18.6 Å². The second-order valence-corrected chi connectivity index (χ2v) is 3.85. The first-order valence-corrected chi connectivity index (χ1v) is 4.71. The van der Waals surface area contributed by atoms with Crippen LogP contribution in [0.2, 0.25) is 0 Å². The van der Waals surface area contributed by atoms with Gasteiger partial charge in [0.1, 0.15) is 0 Å². The van der Waals surface area contributed by atoms with Crippen LogP contribution < -0.4 is 11.1 Å². The van der Waals surface area contributed by atoms with E-state index >= 15 is 0 Å². The van der Waals surface area contributed by atoms with Crippen molar-refractivity contribution in [3.63, 3.8) is 0 Å². The minimum atomic E-state index is 0.407. The lowest BCUT2D eigenvalue weighted by molar-refractivity contribution is 0.426. The molecule has 1 aliphatic rings. The first-order valence-electron chi connectivity index (χ1n) is 4.71. The molecule has 1 heterocycles. The van der Waals surface area contributed by atoms with Crippen molar-refractivity contribution in [2.24, 2.45) is 11.7 Å². The minimum absolute atomic E-state index is 0.407. The van der Waals surface area contributed by atoms with E-state index in [1.165, 1.54) is 19.3 Å². The number of nitrogens with one attached hydrogen (secondary N) is 1. The van der Waals surface area contributed by atoms with Crippen LogP contribution in [-0.2, 0) is 0 Å². The van der Waals surface area contributed by atoms with Crippen LogP contribution in [0.3, 0.4) is 0 Å². The average Bonchev–Trinajstić information content (AvgIpc) is 2.35. The van der Waals surface area contributed by atoms with Gasteiger partial charge < -0.3 is 11.1 Å². The zero-order chi connectivity index (χ0) is 8.27. The van der Waals surface area contributed by atoms with E-state index in [0.717, 1.165) is 12.5 Å². The summed E-state index contributed by atoms with van der Waals surface area (Å²) in [5, 5.41) is 3.45. The van der Waals surface area contributed by atoms with Crippen LogP contribution >= 0.6 is 0 Å². The van der Waals surface area contributed by atoms with Crippen LogP contribution in [0.25, 0.3) is 0 Å². The Balaban J connectivity index is 2.17. The normalized spacial score (nSPS) is 34.1. The molecule has 3 N–H and O–H groups in total. The van der Waals surface area contributed by atoms with Crippen molar-refractivity contribution in [2.45, 2.75) is 45.2 Å². The summed E-state index contributed by atoms with van der Waals surface area (Å²) in [6.07, 6.45) is 3.75. The van der Waals surface area contributed by atoms with Crippen LogP contribution in [0.4, 0.5) is 0 Å². The number of nitrogens with two attached hydrogens (primary N) is 1. The van der Waals surface area contributed by atoms with Gasteiger partial charge in [0.15, 0.2) is 0 Å². The lowest BCUT2D eigenvalue weighted by Gasteiger charge is -2.14. The highest BCUT2D eigenvalue weighted by molar-refractivity contribution is 4.84. The van der Waals surface area contributed by atoms with Crippen molar-refractivity contribution in [2.75, 3.05) is 6.54 Å². The van der Waals surface area contributed by atoms with Crippen LogP contribution in [0.1, 0.15) is 33.1 Å². The molecule has 0 bridgehead atoms. The Kier molecular flexibility index (Phi) is 3.34. The lowest BCUT2D eigenvalue weighted by atomic mass is 9.98. The number of hydrogen-bond donors (Lipinski definition) is 2. The van der Waals surface area contributed by atoms with Crippen LogP contribution in [0.15, 0.2) is 0 Å². The highest BCUT2D eigenvalue weighted by atomic mass is 15.0. The maximum Gasteiger partial charge on any atom is 0.0180 e. The molecule has 11 heavy (non-hydrogen) atoms. The van der Waals surface area contributed by atoms with E-state index < -0.39 is 0 Å². The molecule has 66 valence electrons. The summed E-state index contributed by atoms with van der Waals surface area (Å²) in [4.78, 5) is 0. The Labute approximate surface area is 69.5 Å². The molecule has 0 amide bonds. The molecule has 0 aliphatic carbocycles. The van der Waals surface area contributed by atoms with E-state index in [4.69, 9.17) is 5.73 Å². The van der Waals surface area contributed by atoms with E-state index in [-0.39, 0.29) is 0 Å². The second kappa shape index (κ2) is 4.07. The first-order chi connectivity index (χ1) is 5.22. The molecule has 1 aliphatic heterocycles. The predicted molar refractivity (Wildman–Crippen MR) is 48.5 cm³/mol. The first kappa shape index (κ1) is 9.01. The SMILES string of the molecule is CCC(C)CC1CC(N)CN1. The summed E-state index contributed by atoms with van der Waals surface area (Å²) in [6.45, 7) is 5.58. The summed E-state index contributed by atoms with van der Waals surface area (Å²) >= 11 is 0. The van der Waals surface area contributed by atoms with E-state index in [2.05, 4.69) is 19.2 Å². The van der Waals surface area contributed by atoms with Gasteiger partial charge in [-0.1, -0.05) is 20.3 Å². The van der Waals surface area contributed by atoms with E-state index in [1.807, 2.05) is 0 Å². The molecule has 0 aromatic rings.